The van der Waals surface area contributed by atoms with Gasteiger partial charge in [0.15, 0.2) is 0 Å². The molecule has 0 saturated carbocycles. The molecule has 2 N–H and O–H groups in total. The summed E-state index contributed by atoms with van der Waals surface area (Å²) in [6.45, 7) is 0. The number of benzene rings is 3. The number of sulfonamides is 1. The average Bonchev–Trinajstić information content (AvgIpc) is 2.74. The van der Waals surface area contributed by atoms with Crippen molar-refractivity contribution in [3.05, 3.63) is 88.9 Å². The molecule has 0 spiro atoms. The lowest BCUT2D eigenvalue weighted by Crippen LogP contribution is -2.18. The van der Waals surface area contributed by atoms with Gasteiger partial charge in [0.1, 0.15) is 0 Å². The maximum atomic E-state index is 12.4. The summed E-state index contributed by atoms with van der Waals surface area (Å²) in [5, 5.41) is 4.41. The minimum Gasteiger partial charge on any atom is -0.378 e. The predicted molar refractivity (Wildman–Crippen MR) is 125 cm³/mol. The smallest absolute Gasteiger partial charge is 0.271 e. The molecular formula is C22H21ClN4O3S. The van der Waals surface area contributed by atoms with E-state index in [-0.39, 0.29) is 4.90 Å². The maximum absolute atomic E-state index is 12.4. The summed E-state index contributed by atoms with van der Waals surface area (Å²) in [4.78, 5) is 14.3. The Kier molecular flexibility index (Phi) is 6.94. The molecule has 1 amide bonds. The largest absolute Gasteiger partial charge is 0.378 e. The second kappa shape index (κ2) is 9.63. The van der Waals surface area contributed by atoms with Crippen molar-refractivity contribution < 1.29 is 13.2 Å². The number of nitrogens with zero attached hydrogens (tertiary/aromatic N) is 2. The third-order valence-corrected chi connectivity index (χ3v) is 5.96. The number of hydrazone groups is 1. The van der Waals surface area contributed by atoms with Gasteiger partial charge in [-0.2, -0.15) is 5.10 Å². The fraction of sp³-hybridized carbons (Fsp3) is 0.0909. The number of halogens is 1. The molecule has 0 heterocycles. The molecule has 0 aliphatic rings. The first kappa shape index (κ1) is 22.3. The zero-order valence-corrected chi connectivity index (χ0v) is 18.5. The monoisotopic (exact) mass is 456 g/mol. The number of rotatable bonds is 7. The van der Waals surface area contributed by atoms with Crippen LogP contribution in [0.1, 0.15) is 15.9 Å². The fourth-order valence-corrected chi connectivity index (χ4v) is 3.79. The van der Waals surface area contributed by atoms with Gasteiger partial charge in [0.2, 0.25) is 0 Å². The van der Waals surface area contributed by atoms with Crippen LogP contribution in [0.25, 0.3) is 0 Å². The van der Waals surface area contributed by atoms with Crippen LogP contribution in [0.4, 0.5) is 11.4 Å². The Morgan fingerprint density at radius 2 is 1.55 bits per heavy atom. The van der Waals surface area contributed by atoms with Gasteiger partial charge in [0.25, 0.3) is 15.9 Å². The van der Waals surface area contributed by atoms with Crippen LogP contribution in [-0.2, 0) is 10.0 Å². The van der Waals surface area contributed by atoms with E-state index in [9.17, 15) is 13.2 Å². The van der Waals surface area contributed by atoms with E-state index in [2.05, 4.69) is 15.2 Å². The normalized spacial score (nSPS) is 11.3. The first-order chi connectivity index (χ1) is 14.7. The molecule has 0 atom stereocenters. The van der Waals surface area contributed by atoms with Gasteiger partial charge >= 0.3 is 0 Å². The lowest BCUT2D eigenvalue weighted by atomic mass is 10.2. The number of hydrogen-bond acceptors (Lipinski definition) is 5. The molecule has 0 aromatic heterocycles. The van der Waals surface area contributed by atoms with Crippen LogP contribution in [0.5, 0.6) is 0 Å². The van der Waals surface area contributed by atoms with Crippen LogP contribution in [0.3, 0.4) is 0 Å². The van der Waals surface area contributed by atoms with E-state index < -0.39 is 15.9 Å². The molecular weight excluding hydrogens is 436 g/mol. The number of hydrogen-bond donors (Lipinski definition) is 2. The van der Waals surface area contributed by atoms with Gasteiger partial charge in [-0.1, -0.05) is 23.7 Å². The van der Waals surface area contributed by atoms with E-state index in [0.29, 0.717) is 16.3 Å². The van der Waals surface area contributed by atoms with Gasteiger partial charge in [-0.15, -0.1) is 0 Å². The van der Waals surface area contributed by atoms with Crippen molar-refractivity contribution in [1.82, 2.24) is 5.43 Å². The molecule has 0 fully saturated rings. The van der Waals surface area contributed by atoms with Crippen LogP contribution in [0.2, 0.25) is 5.02 Å². The summed E-state index contributed by atoms with van der Waals surface area (Å²) in [5.41, 5.74) is 5.03. The average molecular weight is 457 g/mol. The van der Waals surface area contributed by atoms with Crippen molar-refractivity contribution in [3.63, 3.8) is 0 Å². The highest BCUT2D eigenvalue weighted by molar-refractivity contribution is 7.92. The fourth-order valence-electron chi connectivity index (χ4n) is 2.61. The van der Waals surface area contributed by atoms with Crippen molar-refractivity contribution in [3.8, 4) is 0 Å². The van der Waals surface area contributed by atoms with E-state index in [0.717, 1.165) is 11.3 Å². The molecule has 3 aromatic carbocycles. The maximum Gasteiger partial charge on any atom is 0.271 e. The van der Waals surface area contributed by atoms with Crippen LogP contribution in [0.15, 0.2) is 82.8 Å². The molecule has 0 saturated heterocycles. The number of carbonyl (C=O) groups excluding carboxylic acids is 1. The summed E-state index contributed by atoms with van der Waals surface area (Å²) < 4.78 is 27.3. The van der Waals surface area contributed by atoms with E-state index in [1.54, 1.807) is 6.21 Å². The highest BCUT2D eigenvalue weighted by Gasteiger charge is 2.14. The molecule has 0 aliphatic carbocycles. The van der Waals surface area contributed by atoms with Crippen molar-refractivity contribution >= 4 is 45.1 Å². The van der Waals surface area contributed by atoms with Gasteiger partial charge in [0.05, 0.1) is 11.1 Å². The zero-order valence-electron chi connectivity index (χ0n) is 16.9. The number of anilines is 2. The Bertz CT molecular complexity index is 1170. The molecule has 0 radical (unpaired) electrons. The lowest BCUT2D eigenvalue weighted by Gasteiger charge is -2.11. The lowest BCUT2D eigenvalue weighted by molar-refractivity contribution is 0.0955. The van der Waals surface area contributed by atoms with Crippen molar-refractivity contribution in [2.45, 2.75) is 4.90 Å². The van der Waals surface area contributed by atoms with E-state index in [1.807, 2.05) is 43.3 Å². The number of nitrogens with one attached hydrogen (secondary N) is 2. The van der Waals surface area contributed by atoms with Crippen molar-refractivity contribution in [1.29, 1.82) is 0 Å². The van der Waals surface area contributed by atoms with E-state index in [1.165, 1.54) is 48.5 Å². The first-order valence-electron chi connectivity index (χ1n) is 9.24. The highest BCUT2D eigenvalue weighted by Crippen LogP contribution is 2.19. The quantitative estimate of drug-likeness (QED) is 0.415. The SMILES string of the molecule is CN(C)c1ccc(/C=N\NC(=O)c2ccc(NS(=O)(=O)c3ccc(Cl)cc3)cc2)cc1. The first-order valence-corrected chi connectivity index (χ1v) is 11.1. The van der Waals surface area contributed by atoms with Crippen LogP contribution in [0, 0.1) is 0 Å². The Morgan fingerprint density at radius 1 is 0.935 bits per heavy atom. The van der Waals surface area contributed by atoms with Gasteiger partial charge in [-0.25, -0.2) is 13.8 Å². The minimum atomic E-state index is -3.75. The molecule has 3 rings (SSSR count). The van der Waals surface area contributed by atoms with Crippen molar-refractivity contribution in [2.75, 3.05) is 23.7 Å². The van der Waals surface area contributed by atoms with Crippen LogP contribution >= 0.6 is 11.6 Å². The molecule has 3 aromatic rings. The Balaban J connectivity index is 1.60. The molecule has 9 heteroatoms. The third kappa shape index (κ3) is 6.07. The van der Waals surface area contributed by atoms with Crippen molar-refractivity contribution in [2.24, 2.45) is 5.10 Å². The standard InChI is InChI=1S/C22H21ClN4O3S/c1-27(2)20-11-3-16(4-12-20)15-24-25-22(28)17-5-9-19(10-6-17)26-31(29,30)21-13-7-18(23)8-14-21/h3-15,26H,1-2H3,(H,25,28)/b24-15-. The Labute approximate surface area is 186 Å². The molecule has 0 aliphatic heterocycles. The van der Waals surface area contributed by atoms with Gasteiger partial charge in [0, 0.05) is 36.1 Å². The summed E-state index contributed by atoms with van der Waals surface area (Å²) in [6, 6.07) is 19.6. The summed E-state index contributed by atoms with van der Waals surface area (Å²) >= 11 is 5.79. The molecule has 160 valence electrons. The van der Waals surface area contributed by atoms with Gasteiger partial charge in [-0.05, 0) is 66.2 Å². The zero-order chi connectivity index (χ0) is 22.4. The Hall–Kier alpha value is -3.36. The van der Waals surface area contributed by atoms with Crippen LogP contribution < -0.4 is 15.0 Å². The second-order valence-electron chi connectivity index (χ2n) is 6.82. The van der Waals surface area contributed by atoms with E-state index in [4.69, 9.17) is 11.6 Å². The molecule has 0 unspecified atom stereocenters. The van der Waals surface area contributed by atoms with Gasteiger partial charge in [-0.3, -0.25) is 9.52 Å². The minimum absolute atomic E-state index is 0.0895. The topological polar surface area (TPSA) is 90.9 Å². The summed E-state index contributed by atoms with van der Waals surface area (Å²) in [6.07, 6.45) is 1.55. The van der Waals surface area contributed by atoms with E-state index >= 15 is 0 Å². The summed E-state index contributed by atoms with van der Waals surface area (Å²) in [7, 11) is 0.159. The molecule has 7 nitrogen and oxygen atoms in total. The highest BCUT2D eigenvalue weighted by atomic mass is 35.5. The number of carbonyl (C=O) groups is 1. The summed E-state index contributed by atoms with van der Waals surface area (Å²) in [5.74, 6) is -0.409. The van der Waals surface area contributed by atoms with Gasteiger partial charge < -0.3 is 4.90 Å². The molecule has 0 bridgehead atoms. The Morgan fingerprint density at radius 3 is 2.13 bits per heavy atom. The second-order valence-corrected chi connectivity index (χ2v) is 8.94. The van der Waals surface area contributed by atoms with Crippen LogP contribution in [-0.4, -0.2) is 34.6 Å². The number of amides is 1. The predicted octanol–water partition coefficient (Wildman–Crippen LogP) is 3.97. The third-order valence-electron chi connectivity index (χ3n) is 4.31. The molecule has 31 heavy (non-hydrogen) atoms.